The van der Waals surface area contributed by atoms with E-state index in [0.717, 1.165) is 35.5 Å². The maximum atomic E-state index is 6.71. The van der Waals surface area contributed by atoms with Gasteiger partial charge in [-0.1, -0.05) is 12.8 Å². The Morgan fingerprint density at radius 1 is 0.760 bits per heavy atom. The second-order valence-corrected chi connectivity index (χ2v) is 6.85. The molecule has 2 aromatic carbocycles. The summed E-state index contributed by atoms with van der Waals surface area (Å²) in [6, 6.07) is 15.9. The van der Waals surface area contributed by atoms with E-state index in [1.54, 1.807) is 14.2 Å². The minimum atomic E-state index is -0.872. The third kappa shape index (κ3) is 2.79. The molecule has 1 spiro atoms. The largest absolute Gasteiger partial charge is 0.497 e. The average molecular weight is 340 g/mol. The van der Waals surface area contributed by atoms with Crippen LogP contribution in [0.3, 0.4) is 0 Å². The lowest BCUT2D eigenvalue weighted by Gasteiger charge is -2.32. The minimum Gasteiger partial charge on any atom is -0.497 e. The Balaban J connectivity index is 1.77. The summed E-state index contributed by atoms with van der Waals surface area (Å²) in [5.74, 6) is 0.771. The van der Waals surface area contributed by atoms with Crippen LogP contribution in [0.25, 0.3) is 0 Å². The Labute approximate surface area is 148 Å². The van der Waals surface area contributed by atoms with Crippen LogP contribution >= 0.6 is 0 Å². The summed E-state index contributed by atoms with van der Waals surface area (Å²) in [6.45, 7) is 0.630. The van der Waals surface area contributed by atoms with Gasteiger partial charge in [0.25, 0.3) is 0 Å². The topological polar surface area (TPSA) is 36.9 Å². The smallest absolute Gasteiger partial charge is 0.223 e. The summed E-state index contributed by atoms with van der Waals surface area (Å²) in [5, 5.41) is 0. The van der Waals surface area contributed by atoms with Gasteiger partial charge >= 0.3 is 0 Å². The predicted molar refractivity (Wildman–Crippen MR) is 95.0 cm³/mol. The van der Waals surface area contributed by atoms with Gasteiger partial charge in [0.1, 0.15) is 11.5 Å². The summed E-state index contributed by atoms with van der Waals surface area (Å²) < 4.78 is 23.7. The molecule has 1 aliphatic carbocycles. The first kappa shape index (κ1) is 16.4. The molecule has 1 heterocycles. The molecular weight excluding hydrogens is 316 g/mol. The monoisotopic (exact) mass is 340 g/mol. The molecule has 0 aromatic heterocycles. The number of hydrogen-bond acceptors (Lipinski definition) is 4. The van der Waals surface area contributed by atoms with Gasteiger partial charge in [0.2, 0.25) is 5.79 Å². The van der Waals surface area contributed by atoms with Crippen molar-refractivity contribution < 1.29 is 18.9 Å². The molecule has 1 saturated heterocycles. The van der Waals surface area contributed by atoms with Crippen LogP contribution in [0.15, 0.2) is 48.5 Å². The second-order valence-electron chi connectivity index (χ2n) is 6.85. The Morgan fingerprint density at radius 2 is 1.24 bits per heavy atom. The third-order valence-electron chi connectivity index (χ3n) is 5.35. The van der Waals surface area contributed by atoms with Gasteiger partial charge in [-0.05, 0) is 61.4 Å². The Bertz CT molecular complexity index is 667. The Hall–Kier alpha value is -2.04. The molecule has 132 valence electrons. The first-order valence-electron chi connectivity index (χ1n) is 8.83. The van der Waals surface area contributed by atoms with E-state index >= 15 is 0 Å². The van der Waals surface area contributed by atoms with Crippen molar-refractivity contribution in [1.82, 2.24) is 0 Å². The van der Waals surface area contributed by atoms with Gasteiger partial charge < -0.3 is 18.9 Å². The first-order chi connectivity index (χ1) is 12.2. The molecule has 0 atom stereocenters. The highest BCUT2D eigenvalue weighted by Gasteiger charge is 2.53. The van der Waals surface area contributed by atoms with Crippen molar-refractivity contribution in [3.05, 3.63) is 59.7 Å². The van der Waals surface area contributed by atoms with Crippen molar-refractivity contribution in [1.29, 1.82) is 0 Å². The lowest BCUT2D eigenvalue weighted by Crippen LogP contribution is -2.34. The van der Waals surface area contributed by atoms with Gasteiger partial charge in [0.05, 0.1) is 26.4 Å². The molecule has 1 saturated carbocycles. The van der Waals surface area contributed by atoms with Crippen LogP contribution in [0, 0.1) is 0 Å². The highest BCUT2D eigenvalue weighted by molar-refractivity contribution is 5.40. The van der Waals surface area contributed by atoms with E-state index in [9.17, 15) is 0 Å². The highest BCUT2D eigenvalue weighted by Crippen LogP contribution is 2.50. The van der Waals surface area contributed by atoms with Gasteiger partial charge in [-0.25, -0.2) is 0 Å². The molecule has 4 rings (SSSR count). The second kappa shape index (κ2) is 6.36. The molecule has 4 heteroatoms. The zero-order chi connectivity index (χ0) is 17.3. The average Bonchev–Trinajstić information content (AvgIpc) is 3.30. The molecule has 4 nitrogen and oxygen atoms in total. The van der Waals surface area contributed by atoms with Crippen molar-refractivity contribution in [2.75, 3.05) is 20.8 Å². The molecule has 0 radical (unpaired) electrons. The minimum absolute atomic E-state index is 0.167. The van der Waals surface area contributed by atoms with Crippen LogP contribution in [0.1, 0.15) is 36.8 Å². The summed E-state index contributed by atoms with van der Waals surface area (Å²) in [6.07, 6.45) is 4.51. The molecule has 2 fully saturated rings. The molecule has 0 bridgehead atoms. The van der Waals surface area contributed by atoms with Crippen LogP contribution in [-0.2, 0) is 15.3 Å². The van der Waals surface area contributed by atoms with E-state index in [-0.39, 0.29) is 5.60 Å². The molecule has 25 heavy (non-hydrogen) atoms. The van der Waals surface area contributed by atoms with E-state index in [2.05, 4.69) is 0 Å². The summed E-state index contributed by atoms with van der Waals surface area (Å²) in [4.78, 5) is 0. The van der Waals surface area contributed by atoms with Crippen LogP contribution in [0.5, 0.6) is 11.5 Å². The maximum absolute atomic E-state index is 6.71. The van der Waals surface area contributed by atoms with Gasteiger partial charge in [-0.2, -0.15) is 0 Å². The van der Waals surface area contributed by atoms with Crippen molar-refractivity contribution in [2.24, 2.45) is 0 Å². The van der Waals surface area contributed by atoms with Crippen LogP contribution in [-0.4, -0.2) is 26.4 Å². The fourth-order valence-electron chi connectivity index (χ4n) is 3.93. The van der Waals surface area contributed by atoms with E-state index in [1.165, 1.54) is 12.8 Å². The van der Waals surface area contributed by atoms with E-state index in [4.69, 9.17) is 18.9 Å². The fourth-order valence-corrected chi connectivity index (χ4v) is 3.93. The Morgan fingerprint density at radius 3 is 1.68 bits per heavy atom. The zero-order valence-corrected chi connectivity index (χ0v) is 14.8. The standard InChI is InChI=1S/C21H24O4/c1-22-18-9-5-16(6-10-18)21(17-7-11-19(23-2)12-8-17)24-15-20(25-21)13-3-4-14-20/h5-12H,3-4,13-15H2,1-2H3. The van der Waals surface area contributed by atoms with Crippen LogP contribution in [0.2, 0.25) is 0 Å². The van der Waals surface area contributed by atoms with Gasteiger partial charge in [0.15, 0.2) is 0 Å². The predicted octanol–water partition coefficient (Wildman–Crippen LogP) is 4.26. The zero-order valence-electron chi connectivity index (χ0n) is 14.8. The highest BCUT2D eigenvalue weighted by atomic mass is 16.8. The fraction of sp³-hybridized carbons (Fsp3) is 0.429. The molecule has 2 aromatic rings. The molecule has 0 unspecified atom stereocenters. The Kier molecular flexibility index (Phi) is 4.18. The van der Waals surface area contributed by atoms with Crippen molar-refractivity contribution in [3.8, 4) is 11.5 Å². The molecule has 0 amide bonds. The number of hydrogen-bond donors (Lipinski definition) is 0. The number of ether oxygens (including phenoxy) is 4. The molecule has 1 aliphatic heterocycles. The van der Waals surface area contributed by atoms with E-state index < -0.39 is 5.79 Å². The number of benzene rings is 2. The summed E-state index contributed by atoms with van der Waals surface area (Å²) in [5.41, 5.74) is 1.81. The SMILES string of the molecule is COc1ccc(C2(c3ccc(OC)cc3)OCC3(CCCC3)O2)cc1. The lowest BCUT2D eigenvalue weighted by atomic mass is 9.96. The van der Waals surface area contributed by atoms with Crippen molar-refractivity contribution in [3.63, 3.8) is 0 Å². The third-order valence-corrected chi connectivity index (χ3v) is 5.35. The van der Waals surface area contributed by atoms with Crippen LogP contribution < -0.4 is 9.47 Å². The van der Waals surface area contributed by atoms with Gasteiger partial charge in [0, 0.05) is 11.1 Å². The molecule has 2 aliphatic rings. The van der Waals surface area contributed by atoms with Crippen LogP contribution in [0.4, 0.5) is 0 Å². The van der Waals surface area contributed by atoms with E-state index in [0.29, 0.717) is 6.61 Å². The molecule has 0 N–H and O–H groups in total. The van der Waals surface area contributed by atoms with Crippen molar-refractivity contribution in [2.45, 2.75) is 37.1 Å². The number of rotatable bonds is 4. The van der Waals surface area contributed by atoms with Crippen molar-refractivity contribution >= 4 is 0 Å². The lowest BCUT2D eigenvalue weighted by molar-refractivity contribution is -0.163. The van der Waals surface area contributed by atoms with Gasteiger partial charge in [-0.3, -0.25) is 0 Å². The quantitative estimate of drug-likeness (QED) is 0.833. The summed E-state index contributed by atoms with van der Waals surface area (Å²) in [7, 11) is 3.34. The first-order valence-corrected chi connectivity index (χ1v) is 8.83. The van der Waals surface area contributed by atoms with E-state index in [1.807, 2.05) is 48.5 Å². The maximum Gasteiger partial charge on any atom is 0.223 e. The molecular formula is C21H24O4. The normalized spacial score (nSPS) is 20.7. The number of methoxy groups -OCH3 is 2. The van der Waals surface area contributed by atoms with Gasteiger partial charge in [-0.15, -0.1) is 0 Å². The summed E-state index contributed by atoms with van der Waals surface area (Å²) >= 11 is 0.